The minimum Gasteiger partial charge on any atom is -0.458 e. The minimum absolute atomic E-state index is 0.0884. The standard InChI is InChI=1S/C37H25BO2S/c1-3-10-35-26(4-2)28-12-9-11-27(37(28)41-35)24-19-17-23(18-20-24)25-21-33-36-34(22-25)40-32-16-8-6-14-30(32)38(36)29-13-5-7-15-31(29)39-33/h3-22H,2H2,1H3/b10-3-. The molecule has 5 aromatic carbocycles. The number of allylic oxidation sites excluding steroid dienone is 1. The monoisotopic (exact) mass is 544 g/mol. The molecule has 194 valence electrons. The average molecular weight is 544 g/mol. The summed E-state index contributed by atoms with van der Waals surface area (Å²) in [5, 5.41) is 1.25. The molecular formula is C37H25BO2S. The van der Waals surface area contributed by atoms with Crippen molar-refractivity contribution in [2.45, 2.75) is 6.92 Å². The van der Waals surface area contributed by atoms with Crippen molar-refractivity contribution in [3.05, 3.63) is 126 Å². The van der Waals surface area contributed by atoms with Crippen LogP contribution in [0, 0.1) is 0 Å². The van der Waals surface area contributed by atoms with Gasteiger partial charge in [-0.2, -0.15) is 0 Å². The molecule has 0 radical (unpaired) electrons. The number of hydrogen-bond acceptors (Lipinski definition) is 3. The zero-order chi connectivity index (χ0) is 27.5. The molecule has 8 rings (SSSR count). The van der Waals surface area contributed by atoms with Crippen LogP contribution in [0.1, 0.15) is 17.4 Å². The predicted octanol–water partition coefficient (Wildman–Crippen LogP) is 8.64. The lowest BCUT2D eigenvalue weighted by Gasteiger charge is -2.33. The van der Waals surface area contributed by atoms with E-state index in [1.807, 2.05) is 29.5 Å². The highest BCUT2D eigenvalue weighted by atomic mass is 32.1. The fourth-order valence-corrected chi connectivity index (χ4v) is 7.58. The van der Waals surface area contributed by atoms with Gasteiger partial charge in [-0.25, -0.2) is 0 Å². The van der Waals surface area contributed by atoms with E-state index < -0.39 is 0 Å². The highest BCUT2D eigenvalue weighted by Crippen LogP contribution is 2.41. The van der Waals surface area contributed by atoms with E-state index in [1.165, 1.54) is 42.6 Å². The van der Waals surface area contributed by atoms with Crippen molar-refractivity contribution in [3.63, 3.8) is 0 Å². The predicted molar refractivity (Wildman–Crippen MR) is 175 cm³/mol. The molecule has 0 saturated heterocycles. The van der Waals surface area contributed by atoms with Gasteiger partial charge in [-0.15, -0.1) is 11.3 Å². The number of thiophene rings is 1. The number of ether oxygens (including phenoxy) is 2. The van der Waals surface area contributed by atoms with E-state index in [9.17, 15) is 0 Å². The Balaban J connectivity index is 1.22. The molecule has 0 bridgehead atoms. The molecule has 2 aliphatic rings. The summed E-state index contributed by atoms with van der Waals surface area (Å²) in [4.78, 5) is 1.24. The van der Waals surface area contributed by atoms with Gasteiger partial charge in [-0.1, -0.05) is 97.6 Å². The fourth-order valence-electron chi connectivity index (χ4n) is 6.27. The molecule has 3 heterocycles. The summed E-state index contributed by atoms with van der Waals surface area (Å²) in [6.45, 7) is 6.22. The molecule has 2 aliphatic heterocycles. The highest BCUT2D eigenvalue weighted by Gasteiger charge is 2.40. The lowest BCUT2D eigenvalue weighted by Crippen LogP contribution is -2.57. The van der Waals surface area contributed by atoms with Crippen LogP contribution in [0.3, 0.4) is 0 Å². The third kappa shape index (κ3) is 3.72. The minimum atomic E-state index is 0.0884. The van der Waals surface area contributed by atoms with Crippen LogP contribution < -0.4 is 25.9 Å². The summed E-state index contributed by atoms with van der Waals surface area (Å²) in [5.41, 5.74) is 9.27. The summed E-state index contributed by atoms with van der Waals surface area (Å²) in [6.07, 6.45) is 6.22. The second kappa shape index (κ2) is 9.40. The van der Waals surface area contributed by atoms with Crippen LogP contribution in [0.2, 0.25) is 0 Å². The van der Waals surface area contributed by atoms with Crippen LogP contribution in [0.25, 0.3) is 44.5 Å². The molecule has 0 amide bonds. The molecule has 2 nitrogen and oxygen atoms in total. The van der Waals surface area contributed by atoms with Gasteiger partial charge in [0.05, 0.1) is 0 Å². The molecule has 0 saturated carbocycles. The third-order valence-corrected chi connectivity index (χ3v) is 9.35. The van der Waals surface area contributed by atoms with Crippen LogP contribution in [0.5, 0.6) is 23.0 Å². The Bertz CT molecular complexity index is 1960. The molecule has 0 spiro atoms. The Morgan fingerprint density at radius 1 is 0.683 bits per heavy atom. The molecule has 41 heavy (non-hydrogen) atoms. The number of hydrogen-bond donors (Lipinski definition) is 0. The second-order valence-corrected chi connectivity index (χ2v) is 11.5. The quantitative estimate of drug-likeness (QED) is 0.207. The van der Waals surface area contributed by atoms with Gasteiger partial charge in [0.25, 0.3) is 6.71 Å². The molecule has 0 N–H and O–H groups in total. The zero-order valence-electron chi connectivity index (χ0n) is 22.6. The molecule has 0 fully saturated rings. The van der Waals surface area contributed by atoms with E-state index in [2.05, 4.69) is 117 Å². The van der Waals surface area contributed by atoms with Gasteiger partial charge in [0.2, 0.25) is 0 Å². The Morgan fingerprint density at radius 3 is 1.95 bits per heavy atom. The Hall–Kier alpha value is -4.80. The first-order valence-electron chi connectivity index (χ1n) is 13.9. The summed E-state index contributed by atoms with van der Waals surface area (Å²) in [6, 6.07) is 36.4. The van der Waals surface area contributed by atoms with E-state index >= 15 is 0 Å². The maximum Gasteiger partial charge on any atom is 0.260 e. The van der Waals surface area contributed by atoms with Crippen molar-refractivity contribution >= 4 is 56.7 Å². The van der Waals surface area contributed by atoms with Crippen LogP contribution >= 0.6 is 11.3 Å². The van der Waals surface area contributed by atoms with Gasteiger partial charge in [-0.05, 0) is 76.0 Å². The van der Waals surface area contributed by atoms with Crippen molar-refractivity contribution in [2.75, 3.05) is 0 Å². The van der Waals surface area contributed by atoms with E-state index in [-0.39, 0.29) is 6.71 Å². The summed E-state index contributed by atoms with van der Waals surface area (Å²) < 4.78 is 14.3. The topological polar surface area (TPSA) is 18.5 Å². The number of para-hydroxylation sites is 2. The first-order chi connectivity index (χ1) is 20.2. The molecule has 1 aromatic heterocycles. The third-order valence-electron chi connectivity index (χ3n) is 8.13. The van der Waals surface area contributed by atoms with Crippen molar-refractivity contribution in [3.8, 4) is 45.3 Å². The first-order valence-corrected chi connectivity index (χ1v) is 14.7. The lowest BCUT2D eigenvalue weighted by molar-refractivity contribution is 0.465. The molecule has 0 unspecified atom stereocenters. The van der Waals surface area contributed by atoms with Crippen molar-refractivity contribution in [1.29, 1.82) is 0 Å². The van der Waals surface area contributed by atoms with Crippen molar-refractivity contribution < 1.29 is 9.47 Å². The molecule has 6 aromatic rings. The van der Waals surface area contributed by atoms with Gasteiger partial charge < -0.3 is 9.47 Å². The van der Waals surface area contributed by atoms with Crippen LogP contribution in [-0.2, 0) is 0 Å². The van der Waals surface area contributed by atoms with E-state index in [0.717, 1.165) is 39.6 Å². The zero-order valence-corrected chi connectivity index (χ0v) is 23.4. The van der Waals surface area contributed by atoms with Gasteiger partial charge in [0.1, 0.15) is 23.0 Å². The van der Waals surface area contributed by atoms with Gasteiger partial charge in [-0.3, -0.25) is 0 Å². The molecule has 4 heteroatoms. The Morgan fingerprint density at radius 2 is 1.32 bits per heavy atom. The van der Waals surface area contributed by atoms with Gasteiger partial charge in [0, 0.05) is 20.4 Å². The molecule has 0 atom stereocenters. The maximum absolute atomic E-state index is 6.49. The summed E-state index contributed by atoms with van der Waals surface area (Å²) in [5.74, 6) is 3.52. The van der Waals surface area contributed by atoms with Crippen LogP contribution in [0.15, 0.2) is 116 Å². The van der Waals surface area contributed by atoms with E-state index in [4.69, 9.17) is 9.47 Å². The Kier molecular flexibility index (Phi) is 5.51. The average Bonchev–Trinajstić information content (AvgIpc) is 3.38. The van der Waals surface area contributed by atoms with Crippen molar-refractivity contribution in [1.82, 2.24) is 0 Å². The highest BCUT2D eigenvalue weighted by molar-refractivity contribution is 7.20. The largest absolute Gasteiger partial charge is 0.458 e. The first kappa shape index (κ1) is 24.0. The molecule has 0 aliphatic carbocycles. The number of benzene rings is 5. The normalized spacial score (nSPS) is 12.9. The SMILES string of the molecule is C=Cc1c(/C=C\C)sc2c(-c3ccc(-c4cc5c6c(c4)Oc4ccccc4B6c4ccccc4O5)cc3)cccc12. The van der Waals surface area contributed by atoms with E-state index in [0.29, 0.717) is 0 Å². The van der Waals surface area contributed by atoms with E-state index in [1.54, 1.807) is 0 Å². The van der Waals surface area contributed by atoms with Crippen LogP contribution in [0.4, 0.5) is 0 Å². The summed E-state index contributed by atoms with van der Waals surface area (Å²) >= 11 is 1.82. The van der Waals surface area contributed by atoms with Gasteiger partial charge >= 0.3 is 0 Å². The smallest absolute Gasteiger partial charge is 0.260 e. The number of fused-ring (bicyclic) bond motifs is 5. The van der Waals surface area contributed by atoms with Gasteiger partial charge in [0.15, 0.2) is 0 Å². The lowest BCUT2D eigenvalue weighted by atomic mass is 9.35. The second-order valence-electron chi connectivity index (χ2n) is 10.4. The Labute approximate surface area is 243 Å². The number of rotatable bonds is 4. The fraction of sp³-hybridized carbons (Fsp3) is 0.0270. The molecular weight excluding hydrogens is 519 g/mol. The summed E-state index contributed by atoms with van der Waals surface area (Å²) in [7, 11) is 0. The van der Waals surface area contributed by atoms with Crippen LogP contribution in [-0.4, -0.2) is 6.71 Å². The maximum atomic E-state index is 6.49. The van der Waals surface area contributed by atoms with Crippen molar-refractivity contribution in [2.24, 2.45) is 0 Å².